The number of rotatable bonds is 6. The fourth-order valence-corrected chi connectivity index (χ4v) is 6.67. The number of para-hydroxylation sites is 4. The standard InChI is InChI=1S/C42H37N3O/c1-42(2,3)31-13-11-17-34(26-31)45-38-20-8-7-19-36(38)37-24-23-30(25-41(37)45)28-46-35-18-12-16-33(27-35)44-29-43(32-14-5-4-6-15-32)39-21-9-10-22-40(39)44/h4-27H,28-29H2,1-3H3. The van der Waals surface area contributed by atoms with Gasteiger partial charge in [0.15, 0.2) is 0 Å². The van der Waals surface area contributed by atoms with Crippen LogP contribution in [0.4, 0.5) is 22.7 Å². The van der Waals surface area contributed by atoms with E-state index in [-0.39, 0.29) is 5.41 Å². The van der Waals surface area contributed by atoms with Crippen molar-refractivity contribution in [2.75, 3.05) is 16.5 Å². The Hall–Kier alpha value is -5.48. The Morgan fingerprint density at radius 1 is 0.543 bits per heavy atom. The molecule has 7 aromatic rings. The van der Waals surface area contributed by atoms with E-state index in [0.29, 0.717) is 6.61 Å². The summed E-state index contributed by atoms with van der Waals surface area (Å²) in [4.78, 5) is 4.71. The number of nitrogens with zero attached hydrogens (tertiary/aromatic N) is 3. The van der Waals surface area contributed by atoms with Gasteiger partial charge in [-0.2, -0.15) is 0 Å². The van der Waals surface area contributed by atoms with Crippen LogP contribution in [-0.2, 0) is 12.0 Å². The van der Waals surface area contributed by atoms with Crippen molar-refractivity contribution in [2.45, 2.75) is 32.8 Å². The molecule has 4 nitrogen and oxygen atoms in total. The third-order valence-corrected chi connectivity index (χ3v) is 9.06. The second kappa shape index (κ2) is 11.1. The molecule has 1 aromatic heterocycles. The minimum absolute atomic E-state index is 0.0687. The maximum absolute atomic E-state index is 6.47. The van der Waals surface area contributed by atoms with E-state index in [2.05, 4.69) is 175 Å². The lowest BCUT2D eigenvalue weighted by atomic mass is 9.87. The van der Waals surface area contributed by atoms with E-state index in [0.717, 1.165) is 23.7 Å². The molecule has 8 rings (SSSR count). The van der Waals surface area contributed by atoms with Crippen molar-refractivity contribution >= 4 is 44.6 Å². The van der Waals surface area contributed by atoms with Crippen LogP contribution in [0.3, 0.4) is 0 Å². The van der Waals surface area contributed by atoms with Crippen LogP contribution >= 0.6 is 0 Å². The molecule has 0 spiro atoms. The Morgan fingerprint density at radius 3 is 2.00 bits per heavy atom. The van der Waals surface area contributed by atoms with E-state index >= 15 is 0 Å². The van der Waals surface area contributed by atoms with Gasteiger partial charge in [0.1, 0.15) is 19.0 Å². The van der Waals surface area contributed by atoms with E-state index in [1.54, 1.807) is 0 Å². The van der Waals surface area contributed by atoms with Crippen molar-refractivity contribution in [3.63, 3.8) is 0 Å². The van der Waals surface area contributed by atoms with E-state index in [4.69, 9.17) is 4.74 Å². The molecule has 0 unspecified atom stereocenters. The minimum Gasteiger partial charge on any atom is -0.489 e. The van der Waals surface area contributed by atoms with Crippen molar-refractivity contribution in [1.82, 2.24) is 4.57 Å². The topological polar surface area (TPSA) is 20.6 Å². The smallest absolute Gasteiger partial charge is 0.121 e. The number of hydrogen-bond donors (Lipinski definition) is 0. The molecule has 0 aliphatic carbocycles. The third kappa shape index (κ3) is 4.96. The lowest BCUT2D eigenvalue weighted by Crippen LogP contribution is -2.23. The highest BCUT2D eigenvalue weighted by atomic mass is 16.5. The average molecular weight is 600 g/mol. The Kier molecular flexibility index (Phi) is 6.79. The lowest BCUT2D eigenvalue weighted by molar-refractivity contribution is 0.306. The lowest BCUT2D eigenvalue weighted by Gasteiger charge is -2.22. The summed E-state index contributed by atoms with van der Waals surface area (Å²) in [6, 6.07) is 52.0. The number of aromatic nitrogens is 1. The maximum Gasteiger partial charge on any atom is 0.121 e. The van der Waals surface area contributed by atoms with Crippen molar-refractivity contribution in [3.8, 4) is 11.4 Å². The number of anilines is 4. The zero-order chi connectivity index (χ0) is 31.3. The Labute approximate surface area is 270 Å². The van der Waals surface area contributed by atoms with E-state index in [9.17, 15) is 0 Å². The zero-order valence-electron chi connectivity index (χ0n) is 26.5. The summed E-state index contributed by atoms with van der Waals surface area (Å²) in [5.41, 5.74) is 10.8. The summed E-state index contributed by atoms with van der Waals surface area (Å²) in [5.74, 6) is 0.853. The molecule has 1 aliphatic rings. The largest absolute Gasteiger partial charge is 0.489 e. The van der Waals surface area contributed by atoms with Crippen LogP contribution in [0.2, 0.25) is 0 Å². The molecule has 0 amide bonds. The van der Waals surface area contributed by atoms with Crippen LogP contribution in [0.5, 0.6) is 5.75 Å². The molecule has 6 aromatic carbocycles. The van der Waals surface area contributed by atoms with Gasteiger partial charge in [-0.25, -0.2) is 0 Å². The van der Waals surface area contributed by atoms with Gasteiger partial charge in [-0.15, -0.1) is 0 Å². The summed E-state index contributed by atoms with van der Waals surface area (Å²) in [5, 5.41) is 2.51. The number of hydrogen-bond acceptors (Lipinski definition) is 3. The van der Waals surface area contributed by atoms with Crippen LogP contribution in [0, 0.1) is 0 Å². The van der Waals surface area contributed by atoms with Gasteiger partial charge in [0.05, 0.1) is 22.4 Å². The quantitative estimate of drug-likeness (QED) is 0.190. The predicted molar refractivity (Wildman–Crippen MR) is 192 cm³/mol. The first-order valence-corrected chi connectivity index (χ1v) is 16.0. The Bertz CT molecular complexity index is 2190. The van der Waals surface area contributed by atoms with Gasteiger partial charge in [-0.3, -0.25) is 0 Å². The van der Waals surface area contributed by atoms with E-state index in [1.165, 1.54) is 50.1 Å². The maximum atomic E-state index is 6.47. The first-order valence-electron chi connectivity index (χ1n) is 16.0. The van der Waals surface area contributed by atoms with Crippen LogP contribution in [0.15, 0.2) is 146 Å². The molecule has 226 valence electrons. The van der Waals surface area contributed by atoms with Crippen molar-refractivity contribution < 1.29 is 4.74 Å². The highest BCUT2D eigenvalue weighted by molar-refractivity contribution is 6.09. The summed E-state index contributed by atoms with van der Waals surface area (Å²) < 4.78 is 8.87. The second-order valence-corrected chi connectivity index (χ2v) is 13.1. The molecule has 2 heterocycles. The highest BCUT2D eigenvalue weighted by Crippen LogP contribution is 2.44. The van der Waals surface area contributed by atoms with Gasteiger partial charge in [-0.05, 0) is 77.2 Å². The Balaban J connectivity index is 1.10. The molecular formula is C42H37N3O. The van der Waals surface area contributed by atoms with Gasteiger partial charge in [-0.1, -0.05) is 99.6 Å². The molecule has 0 radical (unpaired) electrons. The first kappa shape index (κ1) is 28.0. The number of ether oxygens (including phenoxy) is 1. The van der Waals surface area contributed by atoms with Gasteiger partial charge in [0.2, 0.25) is 0 Å². The first-order chi connectivity index (χ1) is 22.4. The molecule has 0 saturated carbocycles. The van der Waals surface area contributed by atoms with Gasteiger partial charge in [0.25, 0.3) is 0 Å². The van der Waals surface area contributed by atoms with Crippen LogP contribution in [-0.4, -0.2) is 11.2 Å². The number of benzene rings is 6. The van der Waals surface area contributed by atoms with Crippen molar-refractivity contribution in [1.29, 1.82) is 0 Å². The highest BCUT2D eigenvalue weighted by Gasteiger charge is 2.27. The van der Waals surface area contributed by atoms with Crippen molar-refractivity contribution in [3.05, 3.63) is 157 Å². The fraction of sp³-hybridized carbons (Fsp3) is 0.143. The molecule has 1 aliphatic heterocycles. The second-order valence-electron chi connectivity index (χ2n) is 13.1. The molecule has 0 N–H and O–H groups in total. The normalized spacial score (nSPS) is 13.0. The summed E-state index contributed by atoms with van der Waals surface area (Å²) in [6.07, 6.45) is 0. The summed E-state index contributed by atoms with van der Waals surface area (Å²) in [7, 11) is 0. The van der Waals surface area contributed by atoms with Crippen LogP contribution in [0.1, 0.15) is 31.9 Å². The molecule has 0 atom stereocenters. The summed E-state index contributed by atoms with van der Waals surface area (Å²) >= 11 is 0. The molecular weight excluding hydrogens is 562 g/mol. The summed E-state index contributed by atoms with van der Waals surface area (Å²) in [6.45, 7) is 8.03. The fourth-order valence-electron chi connectivity index (χ4n) is 6.67. The zero-order valence-corrected chi connectivity index (χ0v) is 26.5. The third-order valence-electron chi connectivity index (χ3n) is 9.06. The van der Waals surface area contributed by atoms with E-state index < -0.39 is 0 Å². The Morgan fingerprint density at radius 2 is 1.20 bits per heavy atom. The molecule has 0 fully saturated rings. The van der Waals surface area contributed by atoms with Crippen molar-refractivity contribution in [2.24, 2.45) is 0 Å². The van der Waals surface area contributed by atoms with Gasteiger partial charge < -0.3 is 19.1 Å². The number of fused-ring (bicyclic) bond motifs is 4. The van der Waals surface area contributed by atoms with Crippen LogP contribution < -0.4 is 14.5 Å². The monoisotopic (exact) mass is 599 g/mol. The SMILES string of the molecule is CC(C)(C)c1cccc(-n2c3ccccc3c3ccc(COc4cccc(N5CN(c6ccccc6)c6ccccc65)c4)cc32)c1. The minimum atomic E-state index is 0.0687. The molecule has 46 heavy (non-hydrogen) atoms. The molecule has 0 saturated heterocycles. The molecule has 4 heteroatoms. The van der Waals surface area contributed by atoms with Gasteiger partial charge in [0, 0.05) is 33.9 Å². The van der Waals surface area contributed by atoms with Gasteiger partial charge >= 0.3 is 0 Å². The van der Waals surface area contributed by atoms with E-state index in [1.807, 2.05) is 6.07 Å². The average Bonchev–Trinajstić information content (AvgIpc) is 3.64. The predicted octanol–water partition coefficient (Wildman–Crippen LogP) is 10.9. The van der Waals surface area contributed by atoms with Crippen LogP contribution in [0.25, 0.3) is 27.5 Å². The molecule has 0 bridgehead atoms.